The van der Waals surface area contributed by atoms with Gasteiger partial charge in [0.2, 0.25) is 5.91 Å². The summed E-state index contributed by atoms with van der Waals surface area (Å²) in [7, 11) is 2.06. The molecule has 2 N–H and O–H groups in total. The van der Waals surface area contributed by atoms with E-state index in [4.69, 9.17) is 12.2 Å². The van der Waals surface area contributed by atoms with Gasteiger partial charge in [0.1, 0.15) is 0 Å². The van der Waals surface area contributed by atoms with Gasteiger partial charge in [-0.1, -0.05) is 31.2 Å². The molecule has 0 aliphatic carbocycles. The van der Waals surface area contributed by atoms with Gasteiger partial charge >= 0.3 is 0 Å². The van der Waals surface area contributed by atoms with Gasteiger partial charge in [0.25, 0.3) is 0 Å². The molecule has 3 aromatic rings. The average Bonchev–Trinajstić information content (AvgIpc) is 3.31. The molecule has 1 aromatic carbocycles. The molecule has 4 rings (SSSR count). The van der Waals surface area contributed by atoms with Gasteiger partial charge in [-0.05, 0) is 61.5 Å². The highest BCUT2D eigenvalue weighted by atomic mass is 32.1. The average molecular weight is 448 g/mol. The van der Waals surface area contributed by atoms with Crippen molar-refractivity contribution in [2.24, 2.45) is 7.05 Å². The fraction of sp³-hybridized carbons (Fsp3) is 0.320. The number of amides is 1. The molecule has 3 heterocycles. The molecule has 1 aliphatic heterocycles. The van der Waals surface area contributed by atoms with Crippen molar-refractivity contribution in [1.29, 1.82) is 0 Å². The van der Waals surface area contributed by atoms with Gasteiger partial charge in [-0.3, -0.25) is 9.78 Å². The van der Waals surface area contributed by atoms with Crippen LogP contribution in [0.5, 0.6) is 0 Å². The summed E-state index contributed by atoms with van der Waals surface area (Å²) < 4.78 is 2.18. The maximum Gasteiger partial charge on any atom is 0.226 e. The van der Waals surface area contributed by atoms with E-state index < -0.39 is 0 Å². The fourth-order valence-corrected chi connectivity index (χ4v) is 4.62. The van der Waals surface area contributed by atoms with Gasteiger partial charge in [0.15, 0.2) is 5.11 Å². The van der Waals surface area contributed by atoms with Gasteiger partial charge < -0.3 is 20.1 Å². The Labute approximate surface area is 194 Å². The number of nitrogens with zero attached hydrogens (tertiary/aromatic N) is 3. The largest absolute Gasteiger partial charge is 0.352 e. The molecular weight excluding hydrogens is 418 g/mol. The standard InChI is InChI=1S/C25H29N5OS/c1-4-18-9-5-6-10-19(18)27-22(31)14-16-30-24(21-13-12-17(2)29(21)3)23(28-25(30)32)20-11-7-8-15-26-20/h5-13,15,23-24H,4,14,16H2,1-3H3,(H,27,31)(H,28,32)/t23-,24-/m0/s1. The molecule has 2 aromatic heterocycles. The van der Waals surface area contributed by atoms with Crippen LogP contribution in [0.4, 0.5) is 5.69 Å². The quantitative estimate of drug-likeness (QED) is 0.529. The summed E-state index contributed by atoms with van der Waals surface area (Å²) in [6.45, 7) is 4.69. The van der Waals surface area contributed by atoms with Crippen molar-refractivity contribution in [3.63, 3.8) is 0 Å². The number of rotatable bonds is 7. The molecular formula is C25H29N5OS. The van der Waals surface area contributed by atoms with Crippen LogP contribution in [0.15, 0.2) is 60.8 Å². The predicted molar refractivity (Wildman–Crippen MR) is 131 cm³/mol. The second-order valence-electron chi connectivity index (χ2n) is 8.09. The summed E-state index contributed by atoms with van der Waals surface area (Å²) in [5.74, 6) is -0.0169. The molecule has 1 aliphatic rings. The van der Waals surface area contributed by atoms with E-state index in [2.05, 4.69) is 58.1 Å². The van der Waals surface area contributed by atoms with Crippen molar-refractivity contribution >= 4 is 28.9 Å². The minimum Gasteiger partial charge on any atom is -0.352 e. The number of aryl methyl sites for hydroxylation is 2. The lowest BCUT2D eigenvalue weighted by Crippen LogP contribution is -2.33. The third-order valence-electron chi connectivity index (χ3n) is 6.16. The van der Waals surface area contributed by atoms with Crippen LogP contribution in [-0.2, 0) is 18.3 Å². The molecule has 1 saturated heterocycles. The second kappa shape index (κ2) is 9.53. The molecule has 1 amide bonds. The number of carbonyl (C=O) groups excluding carboxylic acids is 1. The van der Waals surface area contributed by atoms with Gasteiger partial charge in [0.05, 0.1) is 17.8 Å². The summed E-state index contributed by atoms with van der Waals surface area (Å²) >= 11 is 5.71. The van der Waals surface area contributed by atoms with E-state index in [1.165, 1.54) is 5.69 Å². The Morgan fingerprint density at radius 2 is 1.94 bits per heavy atom. The lowest BCUT2D eigenvalue weighted by Gasteiger charge is -2.28. The van der Waals surface area contributed by atoms with Gasteiger partial charge in [0, 0.05) is 43.3 Å². The number of thiocarbonyl (C=S) groups is 1. The Hall–Kier alpha value is -3.19. The molecule has 7 heteroatoms. The number of para-hydroxylation sites is 1. The Bertz CT molecular complexity index is 1110. The molecule has 1 fully saturated rings. The van der Waals surface area contributed by atoms with E-state index in [1.54, 1.807) is 6.20 Å². The molecule has 0 saturated carbocycles. The maximum atomic E-state index is 12.8. The first-order valence-corrected chi connectivity index (χ1v) is 11.4. The molecule has 2 atom stereocenters. The lowest BCUT2D eigenvalue weighted by molar-refractivity contribution is -0.116. The zero-order valence-corrected chi connectivity index (χ0v) is 19.5. The van der Waals surface area contributed by atoms with E-state index in [0.29, 0.717) is 18.1 Å². The Morgan fingerprint density at radius 1 is 1.16 bits per heavy atom. The van der Waals surface area contributed by atoms with Crippen LogP contribution in [-0.4, -0.2) is 32.0 Å². The molecule has 0 unspecified atom stereocenters. The summed E-state index contributed by atoms with van der Waals surface area (Å²) in [5.41, 5.74) is 5.26. The number of hydrogen-bond acceptors (Lipinski definition) is 3. The van der Waals surface area contributed by atoms with E-state index >= 15 is 0 Å². The summed E-state index contributed by atoms with van der Waals surface area (Å²) in [5, 5.41) is 7.16. The van der Waals surface area contributed by atoms with Crippen molar-refractivity contribution in [3.05, 3.63) is 83.4 Å². The van der Waals surface area contributed by atoms with E-state index in [-0.39, 0.29) is 18.0 Å². The van der Waals surface area contributed by atoms with E-state index in [0.717, 1.165) is 29.1 Å². The number of benzene rings is 1. The van der Waals surface area contributed by atoms with Crippen molar-refractivity contribution in [1.82, 2.24) is 19.8 Å². The van der Waals surface area contributed by atoms with Crippen LogP contribution in [0.3, 0.4) is 0 Å². The van der Waals surface area contributed by atoms with Crippen LogP contribution < -0.4 is 10.6 Å². The number of hydrogen-bond donors (Lipinski definition) is 2. The number of aromatic nitrogens is 2. The van der Waals surface area contributed by atoms with Crippen molar-refractivity contribution in [2.45, 2.75) is 38.8 Å². The molecule has 0 spiro atoms. The minimum atomic E-state index is -0.0828. The zero-order valence-electron chi connectivity index (χ0n) is 18.7. The highest BCUT2D eigenvalue weighted by molar-refractivity contribution is 7.80. The van der Waals surface area contributed by atoms with Crippen LogP contribution in [0.2, 0.25) is 0 Å². The lowest BCUT2D eigenvalue weighted by atomic mass is 10.0. The van der Waals surface area contributed by atoms with Crippen LogP contribution >= 0.6 is 12.2 Å². The molecule has 0 bridgehead atoms. The topological polar surface area (TPSA) is 62.2 Å². The minimum absolute atomic E-state index is 0.0169. The third-order valence-corrected chi connectivity index (χ3v) is 6.52. The first kappa shape index (κ1) is 22.0. The highest BCUT2D eigenvalue weighted by Crippen LogP contribution is 2.39. The maximum absolute atomic E-state index is 12.8. The first-order valence-electron chi connectivity index (χ1n) is 11.0. The van der Waals surface area contributed by atoms with Gasteiger partial charge in [-0.15, -0.1) is 0 Å². The SMILES string of the molecule is CCc1ccccc1NC(=O)CCN1C(=S)N[C@@H](c2ccccn2)[C@@H]1c1ccc(C)n1C. The van der Waals surface area contributed by atoms with Crippen LogP contribution in [0, 0.1) is 6.92 Å². The Morgan fingerprint density at radius 3 is 2.62 bits per heavy atom. The molecule has 32 heavy (non-hydrogen) atoms. The normalized spacial score (nSPS) is 18.0. The van der Waals surface area contributed by atoms with Crippen molar-refractivity contribution in [3.8, 4) is 0 Å². The number of carbonyl (C=O) groups is 1. The zero-order chi connectivity index (χ0) is 22.7. The van der Waals surface area contributed by atoms with Crippen LogP contribution in [0.1, 0.15) is 48.1 Å². The summed E-state index contributed by atoms with van der Waals surface area (Å²) in [6, 6.07) is 18.0. The van der Waals surface area contributed by atoms with Gasteiger partial charge in [-0.25, -0.2) is 0 Å². The number of nitrogens with one attached hydrogen (secondary N) is 2. The monoisotopic (exact) mass is 447 g/mol. The Kier molecular flexibility index (Phi) is 6.55. The first-order chi connectivity index (χ1) is 15.5. The number of pyridine rings is 1. The summed E-state index contributed by atoms with van der Waals surface area (Å²) in [6.07, 6.45) is 3.01. The van der Waals surface area contributed by atoms with Crippen LogP contribution in [0.25, 0.3) is 0 Å². The smallest absolute Gasteiger partial charge is 0.226 e. The van der Waals surface area contributed by atoms with E-state index in [9.17, 15) is 4.79 Å². The van der Waals surface area contributed by atoms with Crippen molar-refractivity contribution < 1.29 is 4.79 Å². The predicted octanol–water partition coefficient (Wildman–Crippen LogP) is 4.29. The number of anilines is 1. The summed E-state index contributed by atoms with van der Waals surface area (Å²) in [4.78, 5) is 19.5. The third kappa shape index (κ3) is 4.39. The fourth-order valence-electron chi connectivity index (χ4n) is 4.28. The van der Waals surface area contributed by atoms with Gasteiger partial charge in [-0.2, -0.15) is 0 Å². The Balaban J connectivity index is 1.55. The highest BCUT2D eigenvalue weighted by Gasteiger charge is 2.41. The molecule has 166 valence electrons. The molecule has 0 radical (unpaired) electrons. The van der Waals surface area contributed by atoms with Crippen molar-refractivity contribution in [2.75, 3.05) is 11.9 Å². The van der Waals surface area contributed by atoms with E-state index in [1.807, 2.05) is 42.5 Å². The second-order valence-corrected chi connectivity index (χ2v) is 8.47. The molecule has 6 nitrogen and oxygen atoms in total.